The Morgan fingerprint density at radius 3 is 2.75 bits per heavy atom. The molecule has 1 fully saturated rings. The molecule has 2 aliphatic carbocycles. The number of rotatable bonds is 3. The monoisotopic (exact) mass is 275 g/mol. The summed E-state index contributed by atoms with van der Waals surface area (Å²) in [4.78, 5) is 11.1. The minimum absolute atomic E-state index is 0.0854. The fourth-order valence-corrected chi connectivity index (χ4v) is 3.30. The number of carboxylic acid groups (broad SMARTS) is 1. The van der Waals surface area contributed by atoms with Crippen LogP contribution in [0.1, 0.15) is 43.2 Å². The third-order valence-corrected chi connectivity index (χ3v) is 4.55. The van der Waals surface area contributed by atoms with E-state index < -0.39 is 11.5 Å². The molecular weight excluding hydrogens is 254 g/mol. The number of ether oxygens (including phenoxy) is 1. The maximum absolute atomic E-state index is 11.1. The lowest BCUT2D eigenvalue weighted by atomic mass is 9.92. The van der Waals surface area contributed by atoms with Gasteiger partial charge in [-0.3, -0.25) is 4.79 Å². The lowest BCUT2D eigenvalue weighted by Gasteiger charge is -2.20. The summed E-state index contributed by atoms with van der Waals surface area (Å²) in [5.41, 5.74) is 7.57. The van der Waals surface area contributed by atoms with Gasteiger partial charge in [0.25, 0.3) is 0 Å². The number of aryl methyl sites for hydroxylation is 2. The van der Waals surface area contributed by atoms with E-state index in [-0.39, 0.29) is 6.10 Å². The summed E-state index contributed by atoms with van der Waals surface area (Å²) in [5, 5.41) is 9.13. The molecule has 2 atom stereocenters. The normalized spacial score (nSPS) is 28.9. The molecule has 3 N–H and O–H groups in total. The van der Waals surface area contributed by atoms with Crippen molar-refractivity contribution < 1.29 is 14.6 Å². The molecule has 0 aliphatic heterocycles. The Balaban J connectivity index is 1.68. The van der Waals surface area contributed by atoms with Gasteiger partial charge in [-0.15, -0.1) is 0 Å². The average molecular weight is 275 g/mol. The number of carboxylic acids is 1. The Morgan fingerprint density at radius 1 is 1.30 bits per heavy atom. The van der Waals surface area contributed by atoms with Crippen molar-refractivity contribution in [1.82, 2.24) is 0 Å². The Hall–Kier alpha value is -1.55. The van der Waals surface area contributed by atoms with Crippen LogP contribution >= 0.6 is 0 Å². The minimum Gasteiger partial charge on any atom is -0.490 e. The first-order valence-electron chi connectivity index (χ1n) is 7.37. The van der Waals surface area contributed by atoms with E-state index in [1.165, 1.54) is 24.0 Å². The maximum Gasteiger partial charge on any atom is 0.323 e. The molecule has 1 aromatic rings. The van der Waals surface area contributed by atoms with Crippen LogP contribution in [-0.2, 0) is 17.6 Å². The average Bonchev–Trinajstić information content (AvgIpc) is 2.81. The van der Waals surface area contributed by atoms with Gasteiger partial charge in [0.05, 0.1) is 0 Å². The van der Waals surface area contributed by atoms with E-state index in [0.29, 0.717) is 19.3 Å². The molecule has 4 heteroatoms. The predicted octanol–water partition coefficient (Wildman–Crippen LogP) is 2.28. The first-order chi connectivity index (χ1) is 9.57. The van der Waals surface area contributed by atoms with Gasteiger partial charge in [0.1, 0.15) is 17.4 Å². The van der Waals surface area contributed by atoms with Crippen molar-refractivity contribution >= 4 is 5.97 Å². The van der Waals surface area contributed by atoms with Gasteiger partial charge in [-0.25, -0.2) is 0 Å². The van der Waals surface area contributed by atoms with Gasteiger partial charge in [0.2, 0.25) is 0 Å². The first-order valence-corrected chi connectivity index (χ1v) is 7.37. The summed E-state index contributed by atoms with van der Waals surface area (Å²) in [6, 6.07) is 6.26. The quantitative estimate of drug-likeness (QED) is 0.887. The van der Waals surface area contributed by atoms with Crippen LogP contribution in [0.2, 0.25) is 0 Å². The van der Waals surface area contributed by atoms with Gasteiger partial charge in [-0.2, -0.15) is 0 Å². The predicted molar refractivity (Wildman–Crippen MR) is 75.9 cm³/mol. The lowest BCUT2D eigenvalue weighted by molar-refractivity contribution is -0.143. The van der Waals surface area contributed by atoms with Crippen LogP contribution in [0.5, 0.6) is 5.75 Å². The van der Waals surface area contributed by atoms with E-state index in [4.69, 9.17) is 15.6 Å². The number of nitrogens with two attached hydrogens (primary N) is 1. The standard InChI is InChI=1S/C16H21NO3/c17-16(15(18)19)8-7-14(10-16)20-13-6-5-11-3-1-2-4-12(11)9-13/h5-6,9,14H,1-4,7-8,10,17H2,(H,18,19). The van der Waals surface area contributed by atoms with E-state index in [1.807, 2.05) is 6.07 Å². The van der Waals surface area contributed by atoms with Crippen molar-refractivity contribution in [2.75, 3.05) is 0 Å². The molecular formula is C16H21NO3. The molecule has 1 saturated carbocycles. The maximum atomic E-state index is 11.1. The van der Waals surface area contributed by atoms with Gasteiger partial charge in [0, 0.05) is 6.42 Å². The second kappa shape index (κ2) is 5.09. The van der Waals surface area contributed by atoms with Crippen LogP contribution in [-0.4, -0.2) is 22.7 Å². The second-order valence-corrected chi connectivity index (χ2v) is 6.08. The SMILES string of the molecule is NC1(C(=O)O)CCC(Oc2ccc3c(c2)CCCC3)C1. The zero-order valence-electron chi connectivity index (χ0n) is 11.6. The Kier molecular flexibility index (Phi) is 3.42. The Labute approximate surface area is 118 Å². The van der Waals surface area contributed by atoms with Crippen molar-refractivity contribution in [3.63, 3.8) is 0 Å². The van der Waals surface area contributed by atoms with Crippen molar-refractivity contribution in [2.24, 2.45) is 5.73 Å². The van der Waals surface area contributed by atoms with E-state index in [1.54, 1.807) is 0 Å². The molecule has 4 nitrogen and oxygen atoms in total. The van der Waals surface area contributed by atoms with E-state index in [0.717, 1.165) is 18.6 Å². The van der Waals surface area contributed by atoms with E-state index >= 15 is 0 Å². The number of hydrogen-bond acceptors (Lipinski definition) is 3. The minimum atomic E-state index is -1.11. The summed E-state index contributed by atoms with van der Waals surface area (Å²) < 4.78 is 5.94. The fraction of sp³-hybridized carbons (Fsp3) is 0.562. The molecule has 0 amide bonds. The van der Waals surface area contributed by atoms with Gasteiger partial charge in [-0.1, -0.05) is 6.07 Å². The van der Waals surface area contributed by atoms with Crippen LogP contribution in [0.15, 0.2) is 18.2 Å². The summed E-state index contributed by atoms with van der Waals surface area (Å²) in [6.07, 6.45) is 6.28. The third kappa shape index (κ3) is 2.52. The highest BCUT2D eigenvalue weighted by atomic mass is 16.5. The molecule has 0 heterocycles. The number of fused-ring (bicyclic) bond motifs is 1. The number of benzene rings is 1. The molecule has 108 valence electrons. The summed E-state index contributed by atoms with van der Waals surface area (Å²) >= 11 is 0. The smallest absolute Gasteiger partial charge is 0.323 e. The fourth-order valence-electron chi connectivity index (χ4n) is 3.30. The molecule has 1 aromatic carbocycles. The van der Waals surface area contributed by atoms with Crippen LogP contribution in [0.25, 0.3) is 0 Å². The van der Waals surface area contributed by atoms with Crippen LogP contribution in [0.4, 0.5) is 0 Å². The molecule has 0 radical (unpaired) electrons. The molecule has 2 aliphatic rings. The molecule has 0 saturated heterocycles. The van der Waals surface area contributed by atoms with Gasteiger partial charge in [0.15, 0.2) is 0 Å². The topological polar surface area (TPSA) is 72.6 Å². The van der Waals surface area contributed by atoms with Crippen molar-refractivity contribution in [3.05, 3.63) is 29.3 Å². The molecule has 0 aromatic heterocycles. The van der Waals surface area contributed by atoms with Gasteiger partial charge >= 0.3 is 5.97 Å². The lowest BCUT2D eigenvalue weighted by Crippen LogP contribution is -2.46. The summed E-state index contributed by atoms with van der Waals surface area (Å²) in [6.45, 7) is 0. The molecule has 0 bridgehead atoms. The summed E-state index contributed by atoms with van der Waals surface area (Å²) in [7, 11) is 0. The highest BCUT2D eigenvalue weighted by Crippen LogP contribution is 2.32. The Morgan fingerprint density at radius 2 is 2.05 bits per heavy atom. The van der Waals surface area contributed by atoms with Crippen molar-refractivity contribution in [1.29, 1.82) is 0 Å². The molecule has 3 rings (SSSR count). The van der Waals surface area contributed by atoms with Crippen molar-refractivity contribution in [3.8, 4) is 5.75 Å². The summed E-state index contributed by atoms with van der Waals surface area (Å²) in [5.74, 6) is -0.0701. The van der Waals surface area contributed by atoms with Gasteiger partial charge in [-0.05, 0) is 61.8 Å². The van der Waals surface area contributed by atoms with E-state index in [2.05, 4.69) is 12.1 Å². The van der Waals surface area contributed by atoms with Crippen LogP contribution < -0.4 is 10.5 Å². The van der Waals surface area contributed by atoms with E-state index in [9.17, 15) is 4.79 Å². The molecule has 2 unspecified atom stereocenters. The Bertz CT molecular complexity index is 528. The van der Waals surface area contributed by atoms with Crippen molar-refractivity contribution in [2.45, 2.75) is 56.6 Å². The zero-order chi connectivity index (χ0) is 14.2. The highest BCUT2D eigenvalue weighted by Gasteiger charge is 2.43. The second-order valence-electron chi connectivity index (χ2n) is 6.08. The highest BCUT2D eigenvalue weighted by molar-refractivity contribution is 5.79. The zero-order valence-corrected chi connectivity index (χ0v) is 11.6. The van der Waals surface area contributed by atoms with Crippen LogP contribution in [0, 0.1) is 0 Å². The number of aliphatic carboxylic acids is 1. The third-order valence-electron chi connectivity index (χ3n) is 4.55. The number of carbonyl (C=O) groups is 1. The van der Waals surface area contributed by atoms with Gasteiger partial charge < -0.3 is 15.6 Å². The van der Waals surface area contributed by atoms with Crippen LogP contribution in [0.3, 0.4) is 0 Å². The largest absolute Gasteiger partial charge is 0.490 e. The number of hydrogen-bond donors (Lipinski definition) is 2. The molecule has 20 heavy (non-hydrogen) atoms. The molecule has 0 spiro atoms. The first kappa shape index (κ1) is 13.4.